The van der Waals surface area contributed by atoms with Gasteiger partial charge in [-0.05, 0) is 44.2 Å². The van der Waals surface area contributed by atoms with Crippen LogP contribution < -0.4 is 5.32 Å². The van der Waals surface area contributed by atoms with Gasteiger partial charge in [-0.25, -0.2) is 0 Å². The molecule has 0 aromatic heterocycles. The third-order valence-electron chi connectivity index (χ3n) is 4.48. The topological polar surface area (TPSA) is 15.3 Å². The molecule has 1 aliphatic heterocycles. The van der Waals surface area contributed by atoms with Crippen LogP contribution in [0.5, 0.6) is 0 Å². The monoisotopic (exact) mass is 226 g/mol. The van der Waals surface area contributed by atoms with E-state index >= 15 is 0 Å². The molecule has 0 bridgehead atoms. The molecule has 1 saturated heterocycles. The summed E-state index contributed by atoms with van der Waals surface area (Å²) in [6.45, 7) is 14.2. The Balaban J connectivity index is 2.40. The summed E-state index contributed by atoms with van der Waals surface area (Å²) in [6, 6.07) is 0.689. The van der Waals surface area contributed by atoms with Crippen LogP contribution in [0.4, 0.5) is 0 Å². The summed E-state index contributed by atoms with van der Waals surface area (Å²) in [6.07, 6.45) is 5.34. The van der Waals surface area contributed by atoms with E-state index in [0.717, 1.165) is 6.54 Å². The Hall–Kier alpha value is -0.0800. The molecular weight excluding hydrogens is 196 g/mol. The number of likely N-dealkylation sites (N-methyl/N-ethyl adjacent to an activating group) is 1. The molecule has 1 fully saturated rings. The lowest BCUT2D eigenvalue weighted by molar-refractivity contribution is 0.224. The van der Waals surface area contributed by atoms with E-state index in [2.05, 4.69) is 37.9 Å². The average Bonchev–Trinajstić information content (AvgIpc) is 2.73. The van der Waals surface area contributed by atoms with Crippen LogP contribution in [0.25, 0.3) is 0 Å². The molecule has 0 amide bonds. The normalized spacial score (nSPS) is 22.5. The minimum atomic E-state index is 0.629. The van der Waals surface area contributed by atoms with Crippen molar-refractivity contribution in [1.29, 1.82) is 0 Å². The summed E-state index contributed by atoms with van der Waals surface area (Å²) in [5, 5.41) is 3.58. The van der Waals surface area contributed by atoms with E-state index < -0.39 is 0 Å². The van der Waals surface area contributed by atoms with Gasteiger partial charge in [0, 0.05) is 19.1 Å². The molecule has 0 spiro atoms. The van der Waals surface area contributed by atoms with Crippen molar-refractivity contribution in [3.05, 3.63) is 0 Å². The lowest BCUT2D eigenvalue weighted by atomic mass is 9.82. The largest absolute Gasteiger partial charge is 0.313 e. The first kappa shape index (κ1) is 14.0. The van der Waals surface area contributed by atoms with E-state index in [-0.39, 0.29) is 0 Å². The first-order chi connectivity index (χ1) is 7.69. The maximum Gasteiger partial charge on any atom is 0.0192 e. The first-order valence-corrected chi connectivity index (χ1v) is 7.15. The van der Waals surface area contributed by atoms with Gasteiger partial charge in [-0.15, -0.1) is 0 Å². The highest BCUT2D eigenvalue weighted by atomic mass is 15.2. The fourth-order valence-corrected chi connectivity index (χ4v) is 2.95. The van der Waals surface area contributed by atoms with Gasteiger partial charge in [0.25, 0.3) is 0 Å². The summed E-state index contributed by atoms with van der Waals surface area (Å²) in [5.41, 5.74) is 0.629. The zero-order chi connectivity index (χ0) is 12.0. The summed E-state index contributed by atoms with van der Waals surface area (Å²) in [7, 11) is 0. The van der Waals surface area contributed by atoms with Gasteiger partial charge < -0.3 is 10.2 Å². The van der Waals surface area contributed by atoms with Gasteiger partial charge in [0.05, 0.1) is 0 Å². The van der Waals surface area contributed by atoms with Gasteiger partial charge in [-0.3, -0.25) is 0 Å². The van der Waals surface area contributed by atoms with Gasteiger partial charge in [0.1, 0.15) is 0 Å². The maximum absolute atomic E-state index is 3.58. The summed E-state index contributed by atoms with van der Waals surface area (Å²) >= 11 is 0. The van der Waals surface area contributed by atoms with E-state index in [0.29, 0.717) is 11.5 Å². The molecule has 0 aromatic carbocycles. The lowest BCUT2D eigenvalue weighted by Gasteiger charge is -2.28. The molecule has 1 heterocycles. The SMILES string of the molecule is CCNC(CC)CN1CCC(CC)(CC)C1. The molecule has 1 atom stereocenters. The molecule has 1 rings (SSSR count). The van der Waals surface area contributed by atoms with Crippen molar-refractivity contribution in [3.8, 4) is 0 Å². The highest BCUT2D eigenvalue weighted by Crippen LogP contribution is 2.36. The molecular formula is C14H30N2. The van der Waals surface area contributed by atoms with Crippen LogP contribution in [0.3, 0.4) is 0 Å². The van der Waals surface area contributed by atoms with Crippen molar-refractivity contribution in [1.82, 2.24) is 10.2 Å². The van der Waals surface area contributed by atoms with Crippen molar-refractivity contribution in [3.63, 3.8) is 0 Å². The predicted octanol–water partition coefficient (Wildman–Crippen LogP) is 2.89. The molecule has 0 aliphatic carbocycles. The lowest BCUT2D eigenvalue weighted by Crippen LogP contribution is -2.40. The molecule has 0 saturated carbocycles. The third kappa shape index (κ3) is 3.46. The molecule has 96 valence electrons. The number of nitrogens with zero attached hydrogens (tertiary/aromatic N) is 1. The second-order valence-corrected chi connectivity index (χ2v) is 5.36. The highest BCUT2D eigenvalue weighted by molar-refractivity contribution is 4.89. The smallest absolute Gasteiger partial charge is 0.0192 e. The second-order valence-electron chi connectivity index (χ2n) is 5.36. The van der Waals surface area contributed by atoms with E-state index in [1.807, 2.05) is 0 Å². The van der Waals surface area contributed by atoms with Crippen molar-refractivity contribution in [2.45, 2.75) is 59.4 Å². The Morgan fingerprint density at radius 2 is 1.88 bits per heavy atom. The number of rotatable bonds is 7. The molecule has 2 nitrogen and oxygen atoms in total. The molecule has 0 aromatic rings. The Kier molecular flexibility index (Phi) is 5.77. The van der Waals surface area contributed by atoms with E-state index in [4.69, 9.17) is 0 Å². The van der Waals surface area contributed by atoms with E-state index in [1.165, 1.54) is 45.3 Å². The van der Waals surface area contributed by atoms with Crippen LogP contribution >= 0.6 is 0 Å². The number of hydrogen-bond acceptors (Lipinski definition) is 2. The quantitative estimate of drug-likeness (QED) is 0.718. The van der Waals surface area contributed by atoms with Gasteiger partial charge >= 0.3 is 0 Å². The van der Waals surface area contributed by atoms with Crippen LogP contribution in [0, 0.1) is 5.41 Å². The molecule has 16 heavy (non-hydrogen) atoms. The van der Waals surface area contributed by atoms with Gasteiger partial charge in [0.15, 0.2) is 0 Å². The van der Waals surface area contributed by atoms with Crippen molar-refractivity contribution >= 4 is 0 Å². The van der Waals surface area contributed by atoms with Crippen LogP contribution in [0.2, 0.25) is 0 Å². The minimum absolute atomic E-state index is 0.629. The molecule has 0 radical (unpaired) electrons. The standard InChI is InChI=1S/C14H30N2/c1-5-13(15-8-4)11-16-10-9-14(6-2,7-3)12-16/h13,15H,5-12H2,1-4H3. The zero-order valence-corrected chi connectivity index (χ0v) is 11.7. The Bertz CT molecular complexity index is 187. The molecule has 2 heteroatoms. The minimum Gasteiger partial charge on any atom is -0.313 e. The summed E-state index contributed by atoms with van der Waals surface area (Å²) in [5.74, 6) is 0. The van der Waals surface area contributed by atoms with Crippen LogP contribution in [-0.2, 0) is 0 Å². The van der Waals surface area contributed by atoms with E-state index in [1.54, 1.807) is 0 Å². The number of hydrogen-bond donors (Lipinski definition) is 1. The summed E-state index contributed by atoms with van der Waals surface area (Å²) in [4.78, 5) is 2.67. The predicted molar refractivity (Wildman–Crippen MR) is 71.8 cm³/mol. The van der Waals surface area contributed by atoms with Crippen LogP contribution in [-0.4, -0.2) is 37.1 Å². The van der Waals surface area contributed by atoms with Gasteiger partial charge in [-0.1, -0.05) is 27.7 Å². The zero-order valence-electron chi connectivity index (χ0n) is 11.7. The fraction of sp³-hybridized carbons (Fsp3) is 1.00. The van der Waals surface area contributed by atoms with Crippen LogP contribution in [0.15, 0.2) is 0 Å². The fourth-order valence-electron chi connectivity index (χ4n) is 2.95. The van der Waals surface area contributed by atoms with Gasteiger partial charge in [-0.2, -0.15) is 0 Å². The van der Waals surface area contributed by atoms with Crippen molar-refractivity contribution in [2.75, 3.05) is 26.2 Å². The van der Waals surface area contributed by atoms with Gasteiger partial charge in [0.2, 0.25) is 0 Å². The highest BCUT2D eigenvalue weighted by Gasteiger charge is 2.35. The average molecular weight is 226 g/mol. The van der Waals surface area contributed by atoms with Crippen molar-refractivity contribution in [2.24, 2.45) is 5.41 Å². The Morgan fingerprint density at radius 1 is 1.19 bits per heavy atom. The Morgan fingerprint density at radius 3 is 2.31 bits per heavy atom. The van der Waals surface area contributed by atoms with Crippen LogP contribution in [0.1, 0.15) is 53.4 Å². The first-order valence-electron chi connectivity index (χ1n) is 7.15. The second kappa shape index (κ2) is 6.61. The Labute approximate surface area is 102 Å². The maximum atomic E-state index is 3.58. The third-order valence-corrected chi connectivity index (χ3v) is 4.48. The molecule has 1 unspecified atom stereocenters. The van der Waals surface area contributed by atoms with E-state index in [9.17, 15) is 0 Å². The molecule has 1 N–H and O–H groups in total. The van der Waals surface area contributed by atoms with Crippen molar-refractivity contribution < 1.29 is 0 Å². The number of likely N-dealkylation sites (tertiary alicyclic amines) is 1. The molecule has 1 aliphatic rings. The summed E-state index contributed by atoms with van der Waals surface area (Å²) < 4.78 is 0. The number of nitrogens with one attached hydrogen (secondary N) is 1.